The Morgan fingerprint density at radius 1 is 1.07 bits per heavy atom. The number of primary amides is 1. The van der Waals surface area contributed by atoms with Crippen LogP contribution in [0, 0.1) is 34.5 Å². The second kappa shape index (κ2) is 9.17. The Bertz CT molecular complexity index is 1590. The molecule has 0 radical (unpaired) electrons. The number of aromatic hydroxyl groups is 1. The van der Waals surface area contributed by atoms with Crippen molar-refractivity contribution < 1.29 is 49.0 Å². The van der Waals surface area contributed by atoms with Gasteiger partial charge in [0.15, 0.2) is 28.7 Å². The number of phenols is 1. The van der Waals surface area contributed by atoms with Crippen LogP contribution in [0.1, 0.15) is 56.1 Å². The maximum atomic E-state index is 14.4. The van der Waals surface area contributed by atoms with Crippen LogP contribution in [0.2, 0.25) is 0 Å². The van der Waals surface area contributed by atoms with E-state index in [2.05, 4.69) is 0 Å². The number of rotatable bonds is 4. The fourth-order valence-corrected chi connectivity index (χ4v) is 9.28. The molecule has 6 rings (SSSR count). The summed E-state index contributed by atoms with van der Waals surface area (Å²) in [6.45, 7) is 6.92. The van der Waals surface area contributed by atoms with Crippen molar-refractivity contribution in [2.75, 3.05) is 14.2 Å². The van der Waals surface area contributed by atoms with Gasteiger partial charge < -0.3 is 40.4 Å². The molecule has 0 aromatic heterocycles. The zero-order valence-electron chi connectivity index (χ0n) is 24.9. The topological polar surface area (TPSA) is 186 Å². The molecule has 6 N–H and O–H groups in total. The van der Waals surface area contributed by atoms with Crippen LogP contribution in [-0.4, -0.2) is 69.9 Å². The van der Waals surface area contributed by atoms with E-state index < -0.39 is 70.0 Å². The third-order valence-electron chi connectivity index (χ3n) is 10.8. The molecule has 1 aliphatic heterocycles. The number of amides is 1. The van der Waals surface area contributed by atoms with E-state index in [1.807, 2.05) is 0 Å². The number of aliphatic hydroxyl groups is 3. The Balaban J connectivity index is 1.64. The molecule has 1 amide bonds. The number of ketones is 2. The first kappa shape index (κ1) is 29.4. The number of carbonyl (C=O) groups excluding carboxylic acids is 3. The average Bonchev–Trinajstić information content (AvgIpc) is 2.92. The number of ether oxygens (including phenoxy) is 3. The number of phenolic OH excluding ortho intramolecular Hbond substituents is 1. The van der Waals surface area contributed by atoms with Gasteiger partial charge in [-0.3, -0.25) is 14.4 Å². The zero-order valence-corrected chi connectivity index (χ0v) is 24.9. The molecule has 0 bridgehead atoms. The van der Waals surface area contributed by atoms with Crippen molar-refractivity contribution in [1.82, 2.24) is 0 Å². The lowest BCUT2D eigenvalue weighted by Crippen LogP contribution is -2.79. The predicted molar refractivity (Wildman–Crippen MR) is 152 cm³/mol. The molecule has 0 saturated heterocycles. The fraction of sp³-hybridized carbons (Fsp3) is 0.531. The number of Topliss-reactive ketones (excluding diaryl/α,β-unsaturated/α-hetero) is 2. The van der Waals surface area contributed by atoms with Gasteiger partial charge in [-0.05, 0) is 42.0 Å². The highest BCUT2D eigenvalue weighted by Gasteiger charge is 2.77. The average molecular weight is 596 g/mol. The van der Waals surface area contributed by atoms with Gasteiger partial charge in [0.1, 0.15) is 23.9 Å². The summed E-state index contributed by atoms with van der Waals surface area (Å²) < 4.78 is 17.9. The summed E-state index contributed by atoms with van der Waals surface area (Å²) in [5.41, 5.74) is 1.67. The van der Waals surface area contributed by atoms with E-state index in [1.165, 1.54) is 20.3 Å². The van der Waals surface area contributed by atoms with Crippen LogP contribution in [0.5, 0.6) is 23.0 Å². The Morgan fingerprint density at radius 3 is 2.30 bits per heavy atom. The molecule has 2 fully saturated rings. The minimum absolute atomic E-state index is 0.0675. The molecule has 0 spiro atoms. The fourth-order valence-electron chi connectivity index (χ4n) is 9.28. The number of fused-ring (bicyclic) bond motifs is 5. The van der Waals surface area contributed by atoms with Gasteiger partial charge in [0.25, 0.3) is 0 Å². The summed E-state index contributed by atoms with van der Waals surface area (Å²) in [7, 11) is 2.96. The minimum Gasteiger partial charge on any atom is -0.507 e. The molecule has 11 heteroatoms. The third-order valence-corrected chi connectivity index (χ3v) is 10.8. The second-order valence-electron chi connectivity index (χ2n) is 13.3. The van der Waals surface area contributed by atoms with Crippen molar-refractivity contribution >= 4 is 17.5 Å². The molecule has 11 nitrogen and oxygen atoms in total. The third kappa shape index (κ3) is 3.33. The first-order chi connectivity index (χ1) is 20.1. The molecule has 1 heterocycles. The van der Waals surface area contributed by atoms with Gasteiger partial charge in [0.05, 0.1) is 31.8 Å². The van der Waals surface area contributed by atoms with E-state index in [-0.39, 0.29) is 23.7 Å². The molecule has 43 heavy (non-hydrogen) atoms. The number of aliphatic hydroxyl groups excluding tert-OH is 2. The Labute approximate surface area is 248 Å². The summed E-state index contributed by atoms with van der Waals surface area (Å²) in [5.74, 6) is -6.70. The Morgan fingerprint density at radius 2 is 1.72 bits per heavy atom. The van der Waals surface area contributed by atoms with Gasteiger partial charge in [0.2, 0.25) is 11.7 Å². The first-order valence-electron chi connectivity index (χ1n) is 14.4. The van der Waals surface area contributed by atoms with Crippen molar-refractivity contribution in [3.63, 3.8) is 0 Å². The standard InChI is InChI=1S/C32H37NO10/c1-12(2)20-23(36)19(29(33)39)26(37)32(40)27(38)21-22(35)18-15(34)9-7-13-14-8-10-16(41-5)25(42-6)24(14)43-28(17(13)18)30(21,3)11-31(20,32)4/h7-10,12,19-21,23,27-28,34,36,38,40H,11H2,1-6H3,(H2,33,39)/t19-,20+,21-,23?,27?,28?,30-,31-,32+/m1/s1. The number of carbonyl (C=O) groups is 3. The minimum atomic E-state index is -2.63. The van der Waals surface area contributed by atoms with Gasteiger partial charge in [-0.25, -0.2) is 0 Å². The van der Waals surface area contributed by atoms with Crippen molar-refractivity contribution in [2.24, 2.45) is 40.2 Å². The van der Waals surface area contributed by atoms with Crippen molar-refractivity contribution in [3.8, 4) is 34.1 Å². The lowest BCUT2D eigenvalue weighted by molar-refractivity contribution is -0.274. The summed E-state index contributed by atoms with van der Waals surface area (Å²) in [4.78, 5) is 40.8. The maximum absolute atomic E-state index is 14.4. The van der Waals surface area contributed by atoms with E-state index in [1.54, 1.807) is 45.9 Å². The quantitative estimate of drug-likeness (QED) is 0.328. The molecule has 230 valence electrons. The van der Waals surface area contributed by atoms with E-state index >= 15 is 0 Å². The number of hydrogen-bond acceptors (Lipinski definition) is 10. The summed E-state index contributed by atoms with van der Waals surface area (Å²) in [5, 5.41) is 46.9. The highest BCUT2D eigenvalue weighted by molar-refractivity contribution is 6.10. The number of hydrogen-bond donors (Lipinski definition) is 5. The molecule has 4 aliphatic rings. The molecule has 9 atom stereocenters. The van der Waals surface area contributed by atoms with Gasteiger partial charge in [0, 0.05) is 22.0 Å². The first-order valence-corrected chi connectivity index (χ1v) is 14.4. The maximum Gasteiger partial charge on any atom is 0.230 e. The summed E-state index contributed by atoms with van der Waals surface area (Å²) >= 11 is 0. The van der Waals surface area contributed by atoms with Gasteiger partial charge in [-0.2, -0.15) is 0 Å². The van der Waals surface area contributed by atoms with Crippen molar-refractivity contribution in [1.29, 1.82) is 0 Å². The van der Waals surface area contributed by atoms with E-state index in [9.17, 15) is 34.8 Å². The van der Waals surface area contributed by atoms with Gasteiger partial charge in [-0.15, -0.1) is 0 Å². The van der Waals surface area contributed by atoms with Crippen LogP contribution in [0.4, 0.5) is 0 Å². The smallest absolute Gasteiger partial charge is 0.230 e. The van der Waals surface area contributed by atoms with E-state index in [0.29, 0.717) is 33.9 Å². The normalized spacial score (nSPS) is 37.4. The number of benzene rings is 2. The lowest BCUT2D eigenvalue weighted by Gasteiger charge is -2.67. The van der Waals surface area contributed by atoms with Crippen molar-refractivity contribution in [3.05, 3.63) is 35.4 Å². The van der Waals surface area contributed by atoms with Crippen LogP contribution in [0.25, 0.3) is 11.1 Å². The lowest BCUT2D eigenvalue weighted by atomic mass is 9.38. The van der Waals surface area contributed by atoms with Crippen LogP contribution >= 0.6 is 0 Å². The van der Waals surface area contributed by atoms with Crippen LogP contribution < -0.4 is 19.9 Å². The summed E-state index contributed by atoms with van der Waals surface area (Å²) in [6.07, 6.45) is -4.60. The summed E-state index contributed by atoms with van der Waals surface area (Å²) in [6, 6.07) is 6.54. The van der Waals surface area contributed by atoms with Crippen molar-refractivity contribution in [2.45, 2.75) is 58.0 Å². The van der Waals surface area contributed by atoms with E-state index in [4.69, 9.17) is 19.9 Å². The monoisotopic (exact) mass is 595 g/mol. The number of methoxy groups -OCH3 is 2. The Kier molecular flexibility index (Phi) is 6.27. The highest BCUT2D eigenvalue weighted by Crippen LogP contribution is 2.70. The molecular formula is C32H37NO10. The SMILES string of the molecule is COc1ccc2c(c1OC)OC1c3c-2ccc(O)c3C(=O)[C@@H]2C(O)[C@@]3(O)C(=O)[C@H](C(N)=O)C(O)[C@H](C(C)C)[C@@]3(C)C[C@@]12C. The molecule has 2 saturated carbocycles. The largest absolute Gasteiger partial charge is 0.507 e. The molecule has 3 unspecified atom stereocenters. The highest BCUT2D eigenvalue weighted by atomic mass is 16.5. The van der Waals surface area contributed by atoms with Crippen LogP contribution in [0.15, 0.2) is 24.3 Å². The van der Waals surface area contributed by atoms with Crippen LogP contribution in [-0.2, 0) is 9.59 Å². The molecular weight excluding hydrogens is 558 g/mol. The molecule has 2 aromatic carbocycles. The Hall–Kier alpha value is -3.67. The molecule has 2 aromatic rings. The van der Waals surface area contributed by atoms with E-state index in [0.717, 1.165) is 0 Å². The second-order valence-corrected chi connectivity index (χ2v) is 13.3. The van der Waals surface area contributed by atoms with Crippen LogP contribution in [0.3, 0.4) is 0 Å². The van der Waals surface area contributed by atoms with Gasteiger partial charge >= 0.3 is 0 Å². The molecule has 3 aliphatic carbocycles. The predicted octanol–water partition coefficient (Wildman–Crippen LogP) is 2.15. The zero-order chi connectivity index (χ0) is 31.5. The number of nitrogens with two attached hydrogens (primary N) is 1. The van der Waals surface area contributed by atoms with Gasteiger partial charge in [-0.1, -0.05) is 33.8 Å².